The van der Waals surface area contributed by atoms with Gasteiger partial charge in [-0.05, 0) is 30.9 Å². The zero-order valence-corrected chi connectivity index (χ0v) is 14.4. The molecule has 0 spiro atoms. The van der Waals surface area contributed by atoms with Gasteiger partial charge in [-0.1, -0.05) is 89.6 Å². The summed E-state index contributed by atoms with van der Waals surface area (Å²) in [6, 6.07) is 11.5. The number of hydrogen-bond acceptors (Lipinski definition) is 1. The van der Waals surface area contributed by atoms with Gasteiger partial charge in [0.15, 0.2) is 0 Å². The molecule has 0 bridgehead atoms. The molecule has 1 aromatic rings. The molecule has 1 rings (SSSR count). The standard InChI is InChI=1S/C20H35N/c1-4-6-7-8-9-11-14-18(3)20(21-17-5-2)19-15-12-10-13-16-19/h10,12-13,15-16,18,20-21H,4-9,11,14,17H2,1-3H3. The summed E-state index contributed by atoms with van der Waals surface area (Å²) in [4.78, 5) is 0. The molecule has 0 heterocycles. The van der Waals surface area contributed by atoms with E-state index in [1.807, 2.05) is 0 Å². The minimum Gasteiger partial charge on any atom is -0.310 e. The van der Waals surface area contributed by atoms with Gasteiger partial charge >= 0.3 is 0 Å². The summed E-state index contributed by atoms with van der Waals surface area (Å²) >= 11 is 0. The Labute approximate surface area is 132 Å². The maximum atomic E-state index is 3.75. The number of benzene rings is 1. The third-order valence-corrected chi connectivity index (χ3v) is 4.35. The van der Waals surface area contributed by atoms with E-state index >= 15 is 0 Å². The fourth-order valence-corrected chi connectivity index (χ4v) is 3.02. The van der Waals surface area contributed by atoms with Crippen molar-refractivity contribution in [2.24, 2.45) is 5.92 Å². The lowest BCUT2D eigenvalue weighted by atomic mass is 9.89. The van der Waals surface area contributed by atoms with Crippen molar-refractivity contribution in [1.82, 2.24) is 5.32 Å². The summed E-state index contributed by atoms with van der Waals surface area (Å²) < 4.78 is 0. The Kier molecular flexibility index (Phi) is 10.2. The van der Waals surface area contributed by atoms with Gasteiger partial charge in [-0.2, -0.15) is 0 Å². The highest BCUT2D eigenvalue weighted by Crippen LogP contribution is 2.26. The highest BCUT2D eigenvalue weighted by molar-refractivity contribution is 5.19. The van der Waals surface area contributed by atoms with Crippen molar-refractivity contribution >= 4 is 0 Å². The molecular weight excluding hydrogens is 254 g/mol. The van der Waals surface area contributed by atoms with Gasteiger partial charge in [-0.15, -0.1) is 0 Å². The normalized spacial score (nSPS) is 14.0. The molecule has 120 valence electrons. The minimum atomic E-state index is 0.516. The third-order valence-electron chi connectivity index (χ3n) is 4.35. The molecule has 0 saturated heterocycles. The van der Waals surface area contributed by atoms with Crippen LogP contribution in [0.4, 0.5) is 0 Å². The first-order valence-corrected chi connectivity index (χ1v) is 9.07. The van der Waals surface area contributed by atoms with Crippen LogP contribution in [0.2, 0.25) is 0 Å². The van der Waals surface area contributed by atoms with Crippen molar-refractivity contribution in [1.29, 1.82) is 0 Å². The molecule has 1 nitrogen and oxygen atoms in total. The Morgan fingerprint density at radius 2 is 1.52 bits per heavy atom. The second-order valence-electron chi connectivity index (χ2n) is 6.38. The maximum absolute atomic E-state index is 3.75. The topological polar surface area (TPSA) is 12.0 Å². The van der Waals surface area contributed by atoms with E-state index in [-0.39, 0.29) is 0 Å². The SMILES string of the molecule is CCCCCCCCC(C)C(NCCC)c1ccccc1. The lowest BCUT2D eigenvalue weighted by Crippen LogP contribution is -2.27. The summed E-state index contributed by atoms with van der Waals surface area (Å²) in [6.07, 6.45) is 10.9. The molecule has 2 unspecified atom stereocenters. The van der Waals surface area contributed by atoms with E-state index in [1.54, 1.807) is 0 Å². The van der Waals surface area contributed by atoms with E-state index in [2.05, 4.69) is 56.4 Å². The van der Waals surface area contributed by atoms with Crippen LogP contribution in [0, 0.1) is 5.92 Å². The first kappa shape index (κ1) is 18.2. The van der Waals surface area contributed by atoms with Crippen LogP contribution in [-0.2, 0) is 0 Å². The van der Waals surface area contributed by atoms with Crippen LogP contribution in [0.15, 0.2) is 30.3 Å². The molecule has 0 radical (unpaired) electrons. The van der Waals surface area contributed by atoms with Gasteiger partial charge in [0.2, 0.25) is 0 Å². The highest BCUT2D eigenvalue weighted by atomic mass is 14.9. The number of rotatable bonds is 12. The Morgan fingerprint density at radius 3 is 2.19 bits per heavy atom. The zero-order chi connectivity index (χ0) is 15.3. The first-order valence-electron chi connectivity index (χ1n) is 9.07. The monoisotopic (exact) mass is 289 g/mol. The first-order chi connectivity index (χ1) is 10.3. The second-order valence-corrected chi connectivity index (χ2v) is 6.38. The van der Waals surface area contributed by atoms with E-state index in [0.717, 1.165) is 6.54 Å². The molecule has 1 N–H and O–H groups in total. The smallest absolute Gasteiger partial charge is 0.0346 e. The lowest BCUT2D eigenvalue weighted by Gasteiger charge is -2.26. The molecule has 2 atom stereocenters. The highest BCUT2D eigenvalue weighted by Gasteiger charge is 2.17. The van der Waals surface area contributed by atoms with Crippen molar-refractivity contribution in [3.05, 3.63) is 35.9 Å². The van der Waals surface area contributed by atoms with Gasteiger partial charge in [0.05, 0.1) is 0 Å². The molecule has 0 aliphatic carbocycles. The molecule has 21 heavy (non-hydrogen) atoms. The van der Waals surface area contributed by atoms with Crippen LogP contribution >= 0.6 is 0 Å². The summed E-state index contributed by atoms with van der Waals surface area (Å²) in [6.45, 7) is 8.05. The average molecular weight is 290 g/mol. The molecule has 1 heteroatoms. The van der Waals surface area contributed by atoms with Gasteiger partial charge in [-0.25, -0.2) is 0 Å². The molecule has 0 aliphatic rings. The van der Waals surface area contributed by atoms with Gasteiger partial charge < -0.3 is 5.32 Å². The quantitative estimate of drug-likeness (QED) is 0.457. The molecule has 0 aromatic heterocycles. The van der Waals surface area contributed by atoms with E-state index < -0.39 is 0 Å². The van der Waals surface area contributed by atoms with E-state index in [9.17, 15) is 0 Å². The lowest BCUT2D eigenvalue weighted by molar-refractivity contribution is 0.353. The van der Waals surface area contributed by atoms with E-state index in [0.29, 0.717) is 12.0 Å². The van der Waals surface area contributed by atoms with Crippen LogP contribution in [0.1, 0.15) is 83.7 Å². The molecule has 0 aliphatic heterocycles. The van der Waals surface area contributed by atoms with Crippen molar-refractivity contribution in [3.8, 4) is 0 Å². The minimum absolute atomic E-state index is 0.516. The Hall–Kier alpha value is -0.820. The Bertz CT molecular complexity index is 333. The molecule has 0 fully saturated rings. The summed E-state index contributed by atoms with van der Waals surface area (Å²) in [5.74, 6) is 0.713. The van der Waals surface area contributed by atoms with Gasteiger partial charge in [0.25, 0.3) is 0 Å². The van der Waals surface area contributed by atoms with E-state index in [1.165, 1.54) is 56.9 Å². The summed E-state index contributed by atoms with van der Waals surface area (Å²) in [7, 11) is 0. The molecule has 1 aromatic carbocycles. The number of hydrogen-bond donors (Lipinski definition) is 1. The maximum Gasteiger partial charge on any atom is 0.0346 e. The van der Waals surface area contributed by atoms with Crippen molar-refractivity contribution in [2.45, 2.75) is 78.2 Å². The predicted molar refractivity (Wildman–Crippen MR) is 94.6 cm³/mol. The third kappa shape index (κ3) is 7.66. The average Bonchev–Trinajstić information content (AvgIpc) is 2.52. The largest absolute Gasteiger partial charge is 0.310 e. The van der Waals surface area contributed by atoms with Crippen LogP contribution in [0.25, 0.3) is 0 Å². The van der Waals surface area contributed by atoms with Crippen molar-refractivity contribution in [2.75, 3.05) is 6.54 Å². The Balaban J connectivity index is 2.39. The van der Waals surface area contributed by atoms with Crippen molar-refractivity contribution < 1.29 is 0 Å². The fraction of sp³-hybridized carbons (Fsp3) is 0.700. The Morgan fingerprint density at radius 1 is 0.857 bits per heavy atom. The molecule has 0 amide bonds. The van der Waals surface area contributed by atoms with Gasteiger partial charge in [0.1, 0.15) is 0 Å². The summed E-state index contributed by atoms with van der Waals surface area (Å²) in [5.41, 5.74) is 1.45. The zero-order valence-electron chi connectivity index (χ0n) is 14.4. The second kappa shape index (κ2) is 11.8. The van der Waals surface area contributed by atoms with Crippen LogP contribution < -0.4 is 5.32 Å². The van der Waals surface area contributed by atoms with Crippen molar-refractivity contribution in [3.63, 3.8) is 0 Å². The van der Waals surface area contributed by atoms with Gasteiger partial charge in [-0.3, -0.25) is 0 Å². The van der Waals surface area contributed by atoms with E-state index in [4.69, 9.17) is 0 Å². The van der Waals surface area contributed by atoms with Crippen LogP contribution in [0.3, 0.4) is 0 Å². The van der Waals surface area contributed by atoms with Gasteiger partial charge in [0, 0.05) is 6.04 Å². The fourth-order valence-electron chi connectivity index (χ4n) is 3.02. The number of nitrogens with one attached hydrogen (secondary N) is 1. The van der Waals surface area contributed by atoms with Crippen LogP contribution in [-0.4, -0.2) is 6.54 Å². The molecule has 0 saturated carbocycles. The molecular formula is C20H35N. The predicted octanol–water partition coefficient (Wildman–Crippen LogP) is 6.11. The summed E-state index contributed by atoms with van der Waals surface area (Å²) in [5, 5.41) is 3.75. The number of unbranched alkanes of at least 4 members (excludes halogenated alkanes) is 5. The van der Waals surface area contributed by atoms with Crippen LogP contribution in [0.5, 0.6) is 0 Å².